The van der Waals surface area contributed by atoms with Crippen molar-refractivity contribution in [3.05, 3.63) is 54.1 Å². The summed E-state index contributed by atoms with van der Waals surface area (Å²) in [7, 11) is 0. The van der Waals surface area contributed by atoms with E-state index >= 15 is 0 Å². The van der Waals surface area contributed by atoms with E-state index in [0.717, 1.165) is 53.9 Å². The van der Waals surface area contributed by atoms with Crippen LogP contribution in [0.25, 0.3) is 10.2 Å². The summed E-state index contributed by atoms with van der Waals surface area (Å²) in [6, 6.07) is 16.5. The molecule has 1 aromatic heterocycles. The minimum atomic E-state index is 0.0524. The number of carbonyl (C=O) groups excluding carboxylic acids is 1. The highest BCUT2D eigenvalue weighted by Gasteiger charge is 2.40. The average molecular weight is 409 g/mol. The number of hydrogen-bond acceptors (Lipinski definition) is 6. The van der Waals surface area contributed by atoms with Crippen LogP contribution in [0.5, 0.6) is 0 Å². The van der Waals surface area contributed by atoms with Gasteiger partial charge in [-0.2, -0.15) is 0 Å². The van der Waals surface area contributed by atoms with E-state index in [-0.39, 0.29) is 11.2 Å². The second-order valence-electron chi connectivity index (χ2n) is 7.00. The van der Waals surface area contributed by atoms with Gasteiger partial charge in [0.05, 0.1) is 15.9 Å². The van der Waals surface area contributed by atoms with E-state index in [4.69, 9.17) is 4.99 Å². The molecule has 2 fully saturated rings. The van der Waals surface area contributed by atoms with Gasteiger partial charge >= 0.3 is 0 Å². The number of para-hydroxylation sites is 1. The lowest BCUT2D eigenvalue weighted by atomic mass is 10.1. The van der Waals surface area contributed by atoms with Crippen LogP contribution in [0.1, 0.15) is 18.4 Å². The summed E-state index contributed by atoms with van der Waals surface area (Å²) >= 11 is 2.98. The van der Waals surface area contributed by atoms with Crippen molar-refractivity contribution in [2.75, 3.05) is 18.4 Å². The summed E-state index contributed by atoms with van der Waals surface area (Å²) in [6.45, 7) is 1.78. The van der Waals surface area contributed by atoms with E-state index in [0.29, 0.717) is 0 Å². The van der Waals surface area contributed by atoms with Gasteiger partial charge in [0.25, 0.3) is 0 Å². The number of amidine groups is 1. The van der Waals surface area contributed by atoms with Crippen LogP contribution in [0.2, 0.25) is 0 Å². The molecule has 7 heteroatoms. The van der Waals surface area contributed by atoms with E-state index in [1.165, 1.54) is 22.0 Å². The van der Waals surface area contributed by atoms with Crippen molar-refractivity contribution < 1.29 is 4.79 Å². The molecule has 5 nitrogen and oxygen atoms in total. The molecule has 0 spiro atoms. The van der Waals surface area contributed by atoms with Gasteiger partial charge in [-0.1, -0.05) is 35.6 Å². The third-order valence-electron chi connectivity index (χ3n) is 5.11. The molecule has 2 aliphatic heterocycles. The van der Waals surface area contributed by atoms with Crippen molar-refractivity contribution in [3.8, 4) is 0 Å². The van der Waals surface area contributed by atoms with Crippen LogP contribution in [-0.2, 0) is 11.2 Å². The first-order valence-electron chi connectivity index (χ1n) is 9.52. The zero-order chi connectivity index (χ0) is 18.9. The van der Waals surface area contributed by atoms with Gasteiger partial charge in [-0.25, -0.2) is 9.98 Å². The summed E-state index contributed by atoms with van der Waals surface area (Å²) in [5.41, 5.74) is 3.21. The Kier molecular flexibility index (Phi) is 4.78. The Morgan fingerprint density at radius 2 is 2.04 bits per heavy atom. The number of benzene rings is 2. The van der Waals surface area contributed by atoms with E-state index < -0.39 is 0 Å². The largest absolute Gasteiger partial charge is 0.361 e. The molecule has 0 unspecified atom stereocenters. The molecule has 28 heavy (non-hydrogen) atoms. The molecular formula is C21H20N4OS2. The van der Waals surface area contributed by atoms with Gasteiger partial charge in [0, 0.05) is 13.1 Å². The normalized spacial score (nSPS) is 20.3. The predicted molar refractivity (Wildman–Crippen MR) is 118 cm³/mol. The molecule has 0 aliphatic carbocycles. The topological polar surface area (TPSA) is 57.6 Å². The highest BCUT2D eigenvalue weighted by atomic mass is 32.2. The Balaban J connectivity index is 1.20. The fourth-order valence-corrected chi connectivity index (χ4v) is 5.59. The SMILES string of the molecule is O=C1SC(=Nc2ccc(CCNc3nc4ccccc4s3)cc2)N2CCC[C@@H]12. The molecule has 0 amide bonds. The first-order chi connectivity index (χ1) is 13.8. The smallest absolute Gasteiger partial charge is 0.219 e. The monoisotopic (exact) mass is 408 g/mol. The lowest BCUT2D eigenvalue weighted by Gasteiger charge is -2.14. The maximum absolute atomic E-state index is 12.0. The molecule has 1 N–H and O–H groups in total. The van der Waals surface area contributed by atoms with Crippen LogP contribution in [0.15, 0.2) is 53.5 Å². The average Bonchev–Trinajstić information content (AvgIpc) is 3.41. The van der Waals surface area contributed by atoms with Gasteiger partial charge in [-0.15, -0.1) is 0 Å². The zero-order valence-corrected chi connectivity index (χ0v) is 16.9. The maximum atomic E-state index is 12.0. The number of nitrogens with zero attached hydrogens (tertiary/aromatic N) is 3. The molecule has 142 valence electrons. The molecule has 0 saturated carbocycles. The third kappa shape index (κ3) is 3.52. The van der Waals surface area contributed by atoms with Crippen molar-refractivity contribution in [1.82, 2.24) is 9.88 Å². The summed E-state index contributed by atoms with van der Waals surface area (Å²) in [6.07, 6.45) is 2.97. The first kappa shape index (κ1) is 17.7. The molecule has 5 rings (SSSR count). The second kappa shape index (κ2) is 7.56. The first-order valence-corrected chi connectivity index (χ1v) is 11.1. The number of fused-ring (bicyclic) bond motifs is 2. The Hall–Kier alpha value is -2.38. The fourth-order valence-electron chi connectivity index (χ4n) is 3.65. The Morgan fingerprint density at radius 3 is 2.89 bits per heavy atom. The van der Waals surface area contributed by atoms with Crippen molar-refractivity contribution in [2.24, 2.45) is 4.99 Å². The van der Waals surface area contributed by atoms with Gasteiger partial charge in [-0.05, 0) is 60.9 Å². The summed E-state index contributed by atoms with van der Waals surface area (Å²) in [5, 5.41) is 5.49. The molecule has 2 saturated heterocycles. The van der Waals surface area contributed by atoms with Crippen LogP contribution in [0, 0.1) is 0 Å². The Morgan fingerprint density at radius 1 is 1.18 bits per heavy atom. The minimum absolute atomic E-state index is 0.0524. The van der Waals surface area contributed by atoms with Crippen LogP contribution in [-0.4, -0.2) is 39.3 Å². The van der Waals surface area contributed by atoms with Crippen LogP contribution in [0.4, 0.5) is 10.8 Å². The number of anilines is 1. The van der Waals surface area contributed by atoms with Crippen LogP contribution < -0.4 is 5.32 Å². The van der Waals surface area contributed by atoms with Gasteiger partial charge in [-0.3, -0.25) is 4.79 Å². The number of nitrogens with one attached hydrogen (secondary N) is 1. The van der Waals surface area contributed by atoms with Gasteiger partial charge in [0.2, 0.25) is 5.12 Å². The molecule has 3 aromatic rings. The lowest BCUT2D eigenvalue weighted by molar-refractivity contribution is -0.113. The summed E-state index contributed by atoms with van der Waals surface area (Å²) < 4.78 is 1.21. The summed E-state index contributed by atoms with van der Waals surface area (Å²) in [4.78, 5) is 23.5. The number of aromatic nitrogens is 1. The highest BCUT2D eigenvalue weighted by Crippen LogP contribution is 2.34. The number of thiazole rings is 1. The maximum Gasteiger partial charge on any atom is 0.219 e. The van der Waals surface area contributed by atoms with Crippen molar-refractivity contribution in [2.45, 2.75) is 25.3 Å². The lowest BCUT2D eigenvalue weighted by Crippen LogP contribution is -2.28. The minimum Gasteiger partial charge on any atom is -0.361 e. The predicted octanol–water partition coefficient (Wildman–Crippen LogP) is 4.68. The van der Waals surface area contributed by atoms with Gasteiger partial charge in [0.1, 0.15) is 6.04 Å². The summed E-state index contributed by atoms with van der Waals surface area (Å²) in [5.74, 6) is 0. The highest BCUT2D eigenvalue weighted by molar-refractivity contribution is 8.26. The van der Waals surface area contributed by atoms with E-state index in [1.54, 1.807) is 11.3 Å². The van der Waals surface area contributed by atoms with E-state index in [1.807, 2.05) is 30.3 Å². The number of aliphatic imine (C=N–C) groups is 1. The number of hydrogen-bond donors (Lipinski definition) is 1. The molecule has 1 atom stereocenters. The van der Waals surface area contributed by atoms with Gasteiger partial charge < -0.3 is 10.2 Å². The Bertz CT molecular complexity index is 1010. The standard InChI is InChI=1S/C21H20N4OS2/c26-19-17-5-3-13-25(17)21(28-19)23-15-9-7-14(8-10-15)11-12-22-20-24-16-4-1-2-6-18(16)27-20/h1-2,4,6-10,17H,3,5,11-13H2,(H,22,24)/t17-/m0/s1. The van der Waals surface area contributed by atoms with Gasteiger partial charge in [0.15, 0.2) is 10.3 Å². The number of rotatable bonds is 5. The van der Waals surface area contributed by atoms with E-state index in [9.17, 15) is 4.79 Å². The van der Waals surface area contributed by atoms with Crippen molar-refractivity contribution >= 4 is 54.4 Å². The molecule has 2 aliphatic rings. The molecule has 0 bridgehead atoms. The molecule has 2 aromatic carbocycles. The number of thioether (sulfide) groups is 1. The van der Waals surface area contributed by atoms with Crippen LogP contribution in [0.3, 0.4) is 0 Å². The zero-order valence-electron chi connectivity index (χ0n) is 15.3. The Labute approximate surface area is 171 Å². The van der Waals surface area contributed by atoms with E-state index in [2.05, 4.69) is 33.4 Å². The molecule has 3 heterocycles. The second-order valence-corrected chi connectivity index (χ2v) is 9.00. The third-order valence-corrected chi connectivity index (χ3v) is 7.08. The molecular weight excluding hydrogens is 388 g/mol. The fraction of sp³-hybridized carbons (Fsp3) is 0.286. The quantitative estimate of drug-likeness (QED) is 0.664. The van der Waals surface area contributed by atoms with Crippen LogP contribution >= 0.6 is 23.1 Å². The van der Waals surface area contributed by atoms with Crippen molar-refractivity contribution in [3.63, 3.8) is 0 Å². The van der Waals surface area contributed by atoms with Crippen molar-refractivity contribution in [1.29, 1.82) is 0 Å². The molecule has 0 radical (unpaired) electrons. The number of carbonyl (C=O) groups is 1.